The fourth-order valence-electron chi connectivity index (χ4n) is 2.72. The number of hydrogen-bond acceptors (Lipinski definition) is 2. The summed E-state index contributed by atoms with van der Waals surface area (Å²) in [6.07, 6.45) is 0. The summed E-state index contributed by atoms with van der Waals surface area (Å²) in [6, 6.07) is 10.7. The lowest BCUT2D eigenvalue weighted by atomic mass is 9.92. The Labute approximate surface area is 135 Å². The van der Waals surface area contributed by atoms with Gasteiger partial charge in [0.15, 0.2) is 0 Å². The van der Waals surface area contributed by atoms with Crippen LogP contribution >= 0.6 is 15.9 Å². The summed E-state index contributed by atoms with van der Waals surface area (Å²) in [4.78, 5) is 0. The molecule has 0 heterocycles. The average Bonchev–Trinajstić information content (AvgIpc) is 2.48. The number of hydrogen-bond donors (Lipinski definition) is 1. The van der Waals surface area contributed by atoms with Gasteiger partial charge in [0.2, 0.25) is 0 Å². The Bertz CT molecular complexity index is 652. The van der Waals surface area contributed by atoms with Gasteiger partial charge in [-0.1, -0.05) is 40.2 Å². The molecule has 0 aliphatic heterocycles. The van der Waals surface area contributed by atoms with Crippen LogP contribution in [0.5, 0.6) is 5.75 Å². The normalized spacial score (nSPS) is 12.3. The van der Waals surface area contributed by atoms with Gasteiger partial charge in [-0.15, -0.1) is 0 Å². The van der Waals surface area contributed by atoms with E-state index in [0.717, 1.165) is 10.2 Å². The lowest BCUT2D eigenvalue weighted by molar-refractivity contribution is 0.402. The van der Waals surface area contributed by atoms with E-state index in [9.17, 15) is 0 Å². The lowest BCUT2D eigenvalue weighted by Crippen LogP contribution is -2.20. The van der Waals surface area contributed by atoms with Crippen molar-refractivity contribution >= 4 is 15.9 Å². The number of ether oxygens (including phenoxy) is 1. The van der Waals surface area contributed by atoms with Crippen LogP contribution in [0, 0.1) is 20.8 Å². The van der Waals surface area contributed by atoms with Crippen LogP contribution in [0.3, 0.4) is 0 Å². The van der Waals surface area contributed by atoms with Gasteiger partial charge in [-0.05, 0) is 56.1 Å². The number of benzene rings is 2. The van der Waals surface area contributed by atoms with Crippen molar-refractivity contribution in [2.45, 2.75) is 26.8 Å². The maximum Gasteiger partial charge on any atom is 0.127 e. The van der Waals surface area contributed by atoms with E-state index in [1.54, 1.807) is 7.11 Å². The molecule has 2 aromatic rings. The summed E-state index contributed by atoms with van der Waals surface area (Å²) in [6.45, 7) is 6.36. The first-order valence-electron chi connectivity index (χ1n) is 7.07. The first-order valence-corrected chi connectivity index (χ1v) is 7.87. The molecule has 0 spiro atoms. The molecule has 0 bridgehead atoms. The Kier molecular flexibility index (Phi) is 5.07. The van der Waals surface area contributed by atoms with Crippen LogP contribution in [0.4, 0.5) is 0 Å². The molecule has 2 aromatic carbocycles. The van der Waals surface area contributed by atoms with Crippen LogP contribution in [0.25, 0.3) is 0 Å². The number of aryl methyl sites for hydroxylation is 1. The molecule has 0 saturated carbocycles. The molecule has 1 unspecified atom stereocenters. The maximum atomic E-state index is 5.68. The summed E-state index contributed by atoms with van der Waals surface area (Å²) in [5.74, 6) is 0.966. The molecule has 0 aliphatic carbocycles. The zero-order valence-corrected chi connectivity index (χ0v) is 14.8. The van der Waals surface area contributed by atoms with Crippen molar-refractivity contribution in [3.63, 3.8) is 0 Å². The van der Waals surface area contributed by atoms with Crippen molar-refractivity contribution < 1.29 is 4.74 Å². The highest BCUT2D eigenvalue weighted by Gasteiger charge is 2.20. The van der Waals surface area contributed by atoms with Gasteiger partial charge in [0.25, 0.3) is 0 Å². The van der Waals surface area contributed by atoms with Crippen LogP contribution < -0.4 is 10.1 Å². The van der Waals surface area contributed by atoms with Crippen LogP contribution in [-0.4, -0.2) is 14.2 Å². The molecule has 0 radical (unpaired) electrons. The third kappa shape index (κ3) is 2.99. The Hall–Kier alpha value is -1.32. The summed E-state index contributed by atoms with van der Waals surface area (Å²) < 4.78 is 6.81. The number of halogens is 1. The summed E-state index contributed by atoms with van der Waals surface area (Å²) in [5, 5.41) is 3.42. The molecular formula is C18H22BrNO. The SMILES string of the molecule is CNC(c1cccc(Br)c1C)c1ccc(C)c(C)c1OC. The van der Waals surface area contributed by atoms with Gasteiger partial charge in [-0.3, -0.25) is 0 Å². The van der Waals surface area contributed by atoms with Crippen molar-refractivity contribution in [3.05, 3.63) is 62.6 Å². The second kappa shape index (κ2) is 6.63. The predicted molar refractivity (Wildman–Crippen MR) is 92.2 cm³/mol. The molecule has 0 aromatic heterocycles. The molecule has 3 heteroatoms. The fourth-order valence-corrected chi connectivity index (χ4v) is 3.11. The van der Waals surface area contributed by atoms with E-state index in [-0.39, 0.29) is 6.04 Å². The van der Waals surface area contributed by atoms with E-state index in [1.807, 2.05) is 7.05 Å². The highest BCUT2D eigenvalue weighted by atomic mass is 79.9. The van der Waals surface area contributed by atoms with E-state index in [0.29, 0.717) is 0 Å². The highest BCUT2D eigenvalue weighted by molar-refractivity contribution is 9.10. The van der Waals surface area contributed by atoms with Crippen molar-refractivity contribution in [2.24, 2.45) is 0 Å². The molecule has 2 rings (SSSR count). The van der Waals surface area contributed by atoms with E-state index >= 15 is 0 Å². The summed E-state index contributed by atoms with van der Waals surface area (Å²) >= 11 is 3.62. The molecule has 112 valence electrons. The van der Waals surface area contributed by atoms with Crippen molar-refractivity contribution in [3.8, 4) is 5.75 Å². The quantitative estimate of drug-likeness (QED) is 0.865. The van der Waals surface area contributed by atoms with Crippen LogP contribution in [0.2, 0.25) is 0 Å². The lowest BCUT2D eigenvalue weighted by Gasteiger charge is -2.24. The zero-order valence-electron chi connectivity index (χ0n) is 13.3. The smallest absolute Gasteiger partial charge is 0.127 e. The minimum Gasteiger partial charge on any atom is -0.496 e. The fraction of sp³-hybridized carbons (Fsp3) is 0.333. The molecule has 0 aliphatic rings. The van der Waals surface area contributed by atoms with Crippen LogP contribution in [0.15, 0.2) is 34.8 Å². The number of nitrogens with one attached hydrogen (secondary N) is 1. The van der Waals surface area contributed by atoms with E-state index < -0.39 is 0 Å². The first-order chi connectivity index (χ1) is 10.0. The zero-order chi connectivity index (χ0) is 15.6. The Morgan fingerprint density at radius 2 is 1.71 bits per heavy atom. The van der Waals surface area contributed by atoms with Gasteiger partial charge in [0.1, 0.15) is 5.75 Å². The van der Waals surface area contributed by atoms with Gasteiger partial charge in [-0.25, -0.2) is 0 Å². The van der Waals surface area contributed by atoms with Crippen molar-refractivity contribution in [2.75, 3.05) is 14.2 Å². The Morgan fingerprint density at radius 3 is 2.33 bits per heavy atom. The second-order valence-electron chi connectivity index (χ2n) is 5.31. The monoisotopic (exact) mass is 347 g/mol. The summed E-state index contributed by atoms with van der Waals surface area (Å²) in [5.41, 5.74) is 6.12. The molecule has 0 amide bonds. The maximum absolute atomic E-state index is 5.68. The third-order valence-corrected chi connectivity index (χ3v) is 4.99. The van der Waals surface area contributed by atoms with Gasteiger partial charge in [0, 0.05) is 10.0 Å². The molecule has 0 saturated heterocycles. The molecule has 1 N–H and O–H groups in total. The van der Waals surface area contributed by atoms with Crippen LogP contribution in [0.1, 0.15) is 33.9 Å². The van der Waals surface area contributed by atoms with E-state index in [1.165, 1.54) is 27.8 Å². The standard InChI is InChI=1S/C18H22BrNO/c1-11-9-10-15(18(21-5)12(11)2)17(20-4)14-7-6-8-16(19)13(14)3/h6-10,17,20H,1-5H3. The van der Waals surface area contributed by atoms with Crippen molar-refractivity contribution in [1.82, 2.24) is 5.32 Å². The largest absolute Gasteiger partial charge is 0.496 e. The van der Waals surface area contributed by atoms with Gasteiger partial charge >= 0.3 is 0 Å². The van der Waals surface area contributed by atoms with Gasteiger partial charge in [0.05, 0.1) is 13.2 Å². The van der Waals surface area contributed by atoms with Crippen LogP contribution in [-0.2, 0) is 0 Å². The molecule has 1 atom stereocenters. The van der Waals surface area contributed by atoms with E-state index in [4.69, 9.17) is 4.74 Å². The topological polar surface area (TPSA) is 21.3 Å². The average molecular weight is 348 g/mol. The van der Waals surface area contributed by atoms with Crippen molar-refractivity contribution in [1.29, 1.82) is 0 Å². The molecule has 0 fully saturated rings. The van der Waals surface area contributed by atoms with E-state index in [2.05, 4.69) is 72.3 Å². The third-order valence-electron chi connectivity index (χ3n) is 4.13. The Balaban J connectivity index is 2.62. The molecular weight excluding hydrogens is 326 g/mol. The van der Waals surface area contributed by atoms with Gasteiger partial charge in [-0.2, -0.15) is 0 Å². The Morgan fingerprint density at radius 1 is 1.00 bits per heavy atom. The number of rotatable bonds is 4. The second-order valence-corrected chi connectivity index (χ2v) is 6.16. The number of methoxy groups -OCH3 is 1. The molecule has 2 nitrogen and oxygen atoms in total. The summed E-state index contributed by atoms with van der Waals surface area (Å²) in [7, 11) is 3.73. The highest BCUT2D eigenvalue weighted by Crippen LogP contribution is 2.36. The first kappa shape index (κ1) is 16.1. The minimum absolute atomic E-state index is 0.108. The predicted octanol–water partition coefficient (Wildman–Crippen LogP) is 4.69. The van der Waals surface area contributed by atoms with Gasteiger partial charge < -0.3 is 10.1 Å². The molecule has 21 heavy (non-hydrogen) atoms. The minimum atomic E-state index is 0.108.